The molecule has 0 radical (unpaired) electrons. The second-order valence-electron chi connectivity index (χ2n) is 3.58. The number of phenolic OH excluding ortho intramolecular Hbond substituents is 1. The summed E-state index contributed by atoms with van der Waals surface area (Å²) in [5, 5.41) is 12.6. The lowest BCUT2D eigenvalue weighted by Crippen LogP contribution is -2.30. The zero-order chi connectivity index (χ0) is 13.3. The number of rotatable bonds is 2. The van der Waals surface area contributed by atoms with Crippen LogP contribution in [0.15, 0.2) is 35.4 Å². The van der Waals surface area contributed by atoms with Gasteiger partial charge in [0.05, 0.1) is 5.69 Å². The molecule has 0 aliphatic carbocycles. The highest BCUT2D eigenvalue weighted by atomic mass is 19.4. The van der Waals surface area contributed by atoms with Crippen molar-refractivity contribution in [3.63, 3.8) is 0 Å². The minimum Gasteiger partial charge on any atom is -0.508 e. The van der Waals surface area contributed by atoms with Crippen LogP contribution >= 0.6 is 0 Å². The summed E-state index contributed by atoms with van der Waals surface area (Å²) in [6.45, 7) is -1.45. The molecule has 96 valence electrons. The number of aromatic hydroxyl groups is 1. The number of aromatic nitrogens is 3. The Bertz CT molecular complexity index is 615. The van der Waals surface area contributed by atoms with Crippen LogP contribution in [0.25, 0.3) is 5.69 Å². The molecule has 0 saturated carbocycles. The predicted octanol–water partition coefficient (Wildman–Crippen LogP) is 1.30. The molecule has 0 bridgehead atoms. The van der Waals surface area contributed by atoms with Crippen molar-refractivity contribution in [2.75, 3.05) is 0 Å². The standard InChI is InChI=1S/C10H8F3N3O2/c11-10(12,13)5-16-9(18)15(6-14-16)7-2-1-3-8(17)4-7/h1-4,6,17H,5H2. The average molecular weight is 259 g/mol. The van der Waals surface area contributed by atoms with Crippen molar-refractivity contribution in [2.24, 2.45) is 0 Å². The van der Waals surface area contributed by atoms with Crippen molar-refractivity contribution in [1.82, 2.24) is 14.3 Å². The van der Waals surface area contributed by atoms with Crippen LogP contribution in [0, 0.1) is 0 Å². The van der Waals surface area contributed by atoms with Gasteiger partial charge in [0.15, 0.2) is 0 Å². The molecule has 1 heterocycles. The van der Waals surface area contributed by atoms with Crippen molar-refractivity contribution in [1.29, 1.82) is 0 Å². The van der Waals surface area contributed by atoms with Crippen LogP contribution < -0.4 is 5.69 Å². The molecule has 2 aromatic rings. The molecule has 0 spiro atoms. The SMILES string of the molecule is O=c1n(-c2cccc(O)c2)cnn1CC(F)(F)F. The Morgan fingerprint density at radius 2 is 2.06 bits per heavy atom. The fourth-order valence-corrected chi connectivity index (χ4v) is 1.44. The number of hydrogen-bond acceptors (Lipinski definition) is 3. The second-order valence-corrected chi connectivity index (χ2v) is 3.58. The van der Waals surface area contributed by atoms with E-state index in [2.05, 4.69) is 5.10 Å². The molecular weight excluding hydrogens is 251 g/mol. The highest BCUT2D eigenvalue weighted by Crippen LogP contribution is 2.16. The van der Waals surface area contributed by atoms with E-state index in [9.17, 15) is 23.1 Å². The van der Waals surface area contributed by atoms with E-state index in [4.69, 9.17) is 0 Å². The minimum absolute atomic E-state index is 0.0945. The van der Waals surface area contributed by atoms with Crippen LogP contribution in [0.1, 0.15) is 0 Å². The Hall–Kier alpha value is -2.25. The average Bonchev–Trinajstić information content (AvgIpc) is 2.58. The van der Waals surface area contributed by atoms with Gasteiger partial charge in [0.25, 0.3) is 0 Å². The quantitative estimate of drug-likeness (QED) is 0.884. The Morgan fingerprint density at radius 1 is 1.33 bits per heavy atom. The van der Waals surface area contributed by atoms with Crippen molar-refractivity contribution in [2.45, 2.75) is 12.7 Å². The topological polar surface area (TPSA) is 60.1 Å². The summed E-state index contributed by atoms with van der Waals surface area (Å²) >= 11 is 0. The van der Waals surface area contributed by atoms with E-state index >= 15 is 0 Å². The Balaban J connectivity index is 2.40. The maximum absolute atomic E-state index is 12.1. The van der Waals surface area contributed by atoms with Gasteiger partial charge in [-0.25, -0.2) is 14.0 Å². The molecule has 0 unspecified atom stereocenters. The van der Waals surface area contributed by atoms with E-state index in [-0.39, 0.29) is 11.4 Å². The Labute approximate surface area is 98.7 Å². The highest BCUT2D eigenvalue weighted by Gasteiger charge is 2.29. The van der Waals surface area contributed by atoms with Crippen molar-refractivity contribution < 1.29 is 18.3 Å². The molecule has 0 atom stereocenters. The van der Waals surface area contributed by atoms with Gasteiger partial charge in [-0.1, -0.05) is 6.07 Å². The summed E-state index contributed by atoms with van der Waals surface area (Å²) in [6.07, 6.45) is -3.54. The van der Waals surface area contributed by atoms with Gasteiger partial charge < -0.3 is 5.11 Å². The van der Waals surface area contributed by atoms with E-state index in [1.165, 1.54) is 24.3 Å². The van der Waals surface area contributed by atoms with Gasteiger partial charge in [-0.05, 0) is 12.1 Å². The lowest BCUT2D eigenvalue weighted by Gasteiger charge is -2.04. The third-order valence-corrected chi connectivity index (χ3v) is 2.17. The van der Waals surface area contributed by atoms with Crippen LogP contribution in [-0.2, 0) is 6.54 Å². The molecule has 2 rings (SSSR count). The molecule has 0 amide bonds. The van der Waals surface area contributed by atoms with Crippen LogP contribution in [0.3, 0.4) is 0 Å². The smallest absolute Gasteiger partial charge is 0.408 e. The van der Waals surface area contributed by atoms with Crippen molar-refractivity contribution >= 4 is 0 Å². The fourth-order valence-electron chi connectivity index (χ4n) is 1.44. The molecule has 8 heteroatoms. The summed E-state index contributed by atoms with van der Waals surface area (Å²) in [6, 6.07) is 5.58. The molecule has 1 aromatic heterocycles. The first-order valence-corrected chi connectivity index (χ1v) is 4.87. The monoisotopic (exact) mass is 259 g/mol. The Kier molecular flexibility index (Phi) is 2.85. The molecule has 0 fully saturated rings. The third-order valence-electron chi connectivity index (χ3n) is 2.17. The maximum atomic E-state index is 12.1. The number of benzene rings is 1. The zero-order valence-electron chi connectivity index (χ0n) is 8.92. The number of phenols is 1. The third kappa shape index (κ3) is 2.53. The second kappa shape index (κ2) is 4.21. The lowest BCUT2D eigenvalue weighted by atomic mass is 10.3. The number of hydrogen-bond donors (Lipinski definition) is 1. The first kappa shape index (κ1) is 12.2. The zero-order valence-corrected chi connectivity index (χ0v) is 8.92. The molecule has 0 aliphatic heterocycles. The summed E-state index contributed by atoms with van der Waals surface area (Å²) in [5.41, 5.74) is -0.675. The van der Waals surface area contributed by atoms with E-state index < -0.39 is 18.4 Å². The first-order chi connectivity index (χ1) is 8.37. The van der Waals surface area contributed by atoms with Gasteiger partial charge >= 0.3 is 11.9 Å². The summed E-state index contributed by atoms with van der Waals surface area (Å²) in [7, 11) is 0. The fraction of sp³-hybridized carbons (Fsp3) is 0.200. The number of nitrogens with zero attached hydrogens (tertiary/aromatic N) is 3. The first-order valence-electron chi connectivity index (χ1n) is 4.87. The van der Waals surface area contributed by atoms with Gasteiger partial charge in [-0.15, -0.1) is 0 Å². The van der Waals surface area contributed by atoms with E-state index in [0.717, 1.165) is 10.9 Å². The van der Waals surface area contributed by atoms with Crippen molar-refractivity contribution in [3.05, 3.63) is 41.1 Å². The van der Waals surface area contributed by atoms with Gasteiger partial charge in [0.2, 0.25) is 0 Å². The lowest BCUT2D eigenvalue weighted by molar-refractivity contribution is -0.143. The van der Waals surface area contributed by atoms with Crippen LogP contribution in [-0.4, -0.2) is 25.6 Å². The summed E-state index contributed by atoms with van der Waals surface area (Å²) < 4.78 is 37.7. The molecule has 1 N–H and O–H groups in total. The normalized spacial score (nSPS) is 11.7. The highest BCUT2D eigenvalue weighted by molar-refractivity contribution is 5.37. The van der Waals surface area contributed by atoms with Gasteiger partial charge in [-0.2, -0.15) is 18.3 Å². The van der Waals surface area contributed by atoms with E-state index in [1.807, 2.05) is 0 Å². The number of halogens is 3. The van der Waals surface area contributed by atoms with E-state index in [0.29, 0.717) is 4.68 Å². The Morgan fingerprint density at radius 3 is 2.67 bits per heavy atom. The van der Waals surface area contributed by atoms with Gasteiger partial charge in [0.1, 0.15) is 18.6 Å². The number of alkyl halides is 3. The largest absolute Gasteiger partial charge is 0.508 e. The molecule has 18 heavy (non-hydrogen) atoms. The summed E-state index contributed by atoms with van der Waals surface area (Å²) in [4.78, 5) is 11.6. The minimum atomic E-state index is -4.51. The van der Waals surface area contributed by atoms with Crippen LogP contribution in [0.4, 0.5) is 13.2 Å². The van der Waals surface area contributed by atoms with Crippen molar-refractivity contribution in [3.8, 4) is 11.4 Å². The van der Waals surface area contributed by atoms with E-state index in [1.54, 1.807) is 0 Å². The molecule has 0 aliphatic rings. The molecular formula is C10H8F3N3O2. The molecule has 1 aromatic carbocycles. The predicted molar refractivity (Wildman–Crippen MR) is 55.5 cm³/mol. The molecule has 5 nitrogen and oxygen atoms in total. The van der Waals surface area contributed by atoms with Crippen LogP contribution in [0.5, 0.6) is 5.75 Å². The van der Waals surface area contributed by atoms with Gasteiger partial charge in [0, 0.05) is 6.07 Å². The summed E-state index contributed by atoms with van der Waals surface area (Å²) in [5.74, 6) is -0.0945. The van der Waals surface area contributed by atoms with Gasteiger partial charge in [-0.3, -0.25) is 0 Å². The molecule has 0 saturated heterocycles. The maximum Gasteiger partial charge on any atom is 0.408 e. The van der Waals surface area contributed by atoms with Crippen LogP contribution in [0.2, 0.25) is 0 Å².